The molecule has 0 bridgehead atoms. The number of esters is 1. The molecule has 0 saturated carbocycles. The molecule has 180 valence electrons. The first-order valence-electron chi connectivity index (χ1n) is 11.2. The van der Waals surface area contributed by atoms with Crippen LogP contribution in [0.1, 0.15) is 27.4 Å². The molecule has 8 nitrogen and oxygen atoms in total. The summed E-state index contributed by atoms with van der Waals surface area (Å²) in [6.45, 7) is 0.217. The fourth-order valence-electron chi connectivity index (χ4n) is 3.97. The van der Waals surface area contributed by atoms with Crippen LogP contribution in [0.3, 0.4) is 0 Å². The van der Waals surface area contributed by atoms with Crippen molar-refractivity contribution in [3.05, 3.63) is 107 Å². The SMILES string of the molecule is COC(=O)c1ccc(CN2C(=O)N/C(=C\c3c(OCc4ccccc4)ccc4ccccc34)C2=O)o1. The van der Waals surface area contributed by atoms with E-state index in [2.05, 4.69) is 10.1 Å². The normalized spacial score (nSPS) is 14.4. The lowest BCUT2D eigenvalue weighted by Crippen LogP contribution is -2.30. The Balaban J connectivity index is 1.44. The van der Waals surface area contributed by atoms with Gasteiger partial charge in [-0.2, -0.15) is 0 Å². The fourth-order valence-corrected chi connectivity index (χ4v) is 3.97. The third-order valence-electron chi connectivity index (χ3n) is 5.78. The second-order valence-corrected chi connectivity index (χ2v) is 8.11. The summed E-state index contributed by atoms with van der Waals surface area (Å²) >= 11 is 0. The minimum atomic E-state index is -0.641. The van der Waals surface area contributed by atoms with Gasteiger partial charge in [-0.05, 0) is 40.6 Å². The van der Waals surface area contributed by atoms with E-state index >= 15 is 0 Å². The van der Waals surface area contributed by atoms with Crippen molar-refractivity contribution in [2.75, 3.05) is 7.11 Å². The van der Waals surface area contributed by atoms with Gasteiger partial charge in [0.25, 0.3) is 5.91 Å². The molecule has 1 fully saturated rings. The monoisotopic (exact) mass is 482 g/mol. The van der Waals surface area contributed by atoms with E-state index in [9.17, 15) is 14.4 Å². The minimum absolute atomic E-state index is 0.00807. The molecule has 2 heterocycles. The van der Waals surface area contributed by atoms with Crippen LogP contribution in [0.15, 0.2) is 89.0 Å². The van der Waals surface area contributed by atoms with Crippen LogP contribution in [0.25, 0.3) is 16.8 Å². The third kappa shape index (κ3) is 4.56. The van der Waals surface area contributed by atoms with Gasteiger partial charge in [0.2, 0.25) is 5.76 Å². The molecule has 8 heteroatoms. The van der Waals surface area contributed by atoms with Crippen LogP contribution in [0.4, 0.5) is 4.79 Å². The summed E-state index contributed by atoms with van der Waals surface area (Å²) in [6.07, 6.45) is 1.63. The number of nitrogens with zero attached hydrogens (tertiary/aromatic N) is 1. The first kappa shape index (κ1) is 22.9. The highest BCUT2D eigenvalue weighted by Gasteiger charge is 2.34. The highest BCUT2D eigenvalue weighted by atomic mass is 16.5. The Morgan fingerprint density at radius 2 is 1.75 bits per heavy atom. The van der Waals surface area contributed by atoms with Gasteiger partial charge in [-0.3, -0.25) is 9.69 Å². The second kappa shape index (κ2) is 9.79. The van der Waals surface area contributed by atoms with E-state index in [4.69, 9.17) is 9.15 Å². The lowest BCUT2D eigenvalue weighted by molar-refractivity contribution is -0.123. The summed E-state index contributed by atoms with van der Waals surface area (Å²) in [6, 6.07) is 23.7. The molecule has 4 aromatic rings. The van der Waals surface area contributed by atoms with Gasteiger partial charge in [0, 0.05) is 5.56 Å². The number of amides is 3. The molecule has 0 aliphatic carbocycles. The molecule has 3 aromatic carbocycles. The highest BCUT2D eigenvalue weighted by molar-refractivity contribution is 6.14. The van der Waals surface area contributed by atoms with E-state index in [1.807, 2.05) is 66.7 Å². The topological polar surface area (TPSA) is 98.1 Å². The van der Waals surface area contributed by atoms with Gasteiger partial charge in [0.1, 0.15) is 23.8 Å². The molecule has 1 aliphatic heterocycles. The largest absolute Gasteiger partial charge is 0.488 e. The maximum atomic E-state index is 13.1. The van der Waals surface area contributed by atoms with E-state index in [1.165, 1.54) is 19.2 Å². The Kier molecular flexibility index (Phi) is 6.23. The van der Waals surface area contributed by atoms with Crippen LogP contribution in [0, 0.1) is 0 Å². The average molecular weight is 482 g/mol. The van der Waals surface area contributed by atoms with Crippen LogP contribution in [0.5, 0.6) is 5.75 Å². The summed E-state index contributed by atoms with van der Waals surface area (Å²) < 4.78 is 16.2. The predicted octanol–water partition coefficient (Wildman–Crippen LogP) is 4.89. The standard InChI is InChI=1S/C28H22N2O6/c1-34-27(32)25-14-12-20(36-25)16-30-26(31)23(29-28(30)33)15-22-21-10-6-5-9-19(21)11-13-24(22)35-17-18-7-3-2-4-8-18/h2-15H,16-17H2,1H3,(H,29,33)/b23-15-. The number of benzene rings is 3. The number of methoxy groups -OCH3 is 1. The van der Waals surface area contributed by atoms with Crippen molar-refractivity contribution >= 4 is 34.8 Å². The number of ether oxygens (including phenoxy) is 2. The van der Waals surface area contributed by atoms with Crippen molar-refractivity contribution in [2.24, 2.45) is 0 Å². The molecule has 5 rings (SSSR count). The van der Waals surface area contributed by atoms with Gasteiger partial charge in [0.15, 0.2) is 0 Å². The van der Waals surface area contributed by atoms with E-state index < -0.39 is 17.9 Å². The Hall–Kier alpha value is -4.85. The molecule has 1 N–H and O–H groups in total. The lowest BCUT2D eigenvalue weighted by Gasteiger charge is -2.13. The van der Waals surface area contributed by atoms with Crippen LogP contribution < -0.4 is 10.1 Å². The zero-order valence-corrected chi connectivity index (χ0v) is 19.4. The molecule has 1 aromatic heterocycles. The summed E-state index contributed by atoms with van der Waals surface area (Å²) in [7, 11) is 1.24. The zero-order chi connectivity index (χ0) is 25.1. The molecule has 1 saturated heterocycles. The zero-order valence-electron chi connectivity index (χ0n) is 19.4. The minimum Gasteiger partial charge on any atom is -0.488 e. The average Bonchev–Trinajstić information content (AvgIpc) is 3.48. The van der Waals surface area contributed by atoms with Gasteiger partial charge in [-0.15, -0.1) is 0 Å². The van der Waals surface area contributed by atoms with Crippen LogP contribution >= 0.6 is 0 Å². The van der Waals surface area contributed by atoms with Crippen molar-refractivity contribution in [2.45, 2.75) is 13.2 Å². The van der Waals surface area contributed by atoms with E-state index in [1.54, 1.807) is 6.08 Å². The second-order valence-electron chi connectivity index (χ2n) is 8.11. The molecule has 0 unspecified atom stereocenters. The number of fused-ring (bicyclic) bond motifs is 1. The summed E-state index contributed by atoms with van der Waals surface area (Å²) in [5.74, 6) is -0.307. The van der Waals surface area contributed by atoms with Gasteiger partial charge in [0.05, 0.1) is 13.7 Å². The summed E-state index contributed by atoms with van der Waals surface area (Å²) in [5.41, 5.74) is 1.80. The van der Waals surface area contributed by atoms with Crippen molar-refractivity contribution in [3.63, 3.8) is 0 Å². The van der Waals surface area contributed by atoms with Crippen molar-refractivity contribution < 1.29 is 28.3 Å². The first-order chi connectivity index (χ1) is 17.5. The summed E-state index contributed by atoms with van der Waals surface area (Å²) in [5, 5.41) is 4.49. The molecule has 3 amide bonds. The Labute approximate surface area is 206 Å². The third-order valence-corrected chi connectivity index (χ3v) is 5.78. The number of hydrogen-bond donors (Lipinski definition) is 1. The van der Waals surface area contributed by atoms with E-state index in [0.717, 1.165) is 21.2 Å². The van der Waals surface area contributed by atoms with Gasteiger partial charge < -0.3 is 19.2 Å². The Morgan fingerprint density at radius 1 is 0.972 bits per heavy atom. The maximum Gasteiger partial charge on any atom is 0.373 e. The number of urea groups is 1. The van der Waals surface area contributed by atoms with Crippen molar-refractivity contribution in [1.82, 2.24) is 10.2 Å². The molecular formula is C28H22N2O6. The van der Waals surface area contributed by atoms with Gasteiger partial charge in [-0.25, -0.2) is 9.59 Å². The molecule has 36 heavy (non-hydrogen) atoms. The van der Waals surface area contributed by atoms with Crippen molar-refractivity contribution in [1.29, 1.82) is 0 Å². The van der Waals surface area contributed by atoms with Gasteiger partial charge >= 0.3 is 12.0 Å². The lowest BCUT2D eigenvalue weighted by atomic mass is 10.0. The number of carbonyl (C=O) groups is 3. The van der Waals surface area contributed by atoms with Crippen LogP contribution in [0.2, 0.25) is 0 Å². The maximum absolute atomic E-state index is 13.1. The van der Waals surface area contributed by atoms with Crippen LogP contribution in [-0.4, -0.2) is 29.9 Å². The number of hydrogen-bond acceptors (Lipinski definition) is 6. The van der Waals surface area contributed by atoms with E-state index in [0.29, 0.717) is 17.9 Å². The highest BCUT2D eigenvalue weighted by Crippen LogP contribution is 2.32. The number of carbonyl (C=O) groups excluding carboxylic acids is 3. The van der Waals surface area contributed by atoms with Gasteiger partial charge in [-0.1, -0.05) is 60.7 Å². The van der Waals surface area contributed by atoms with E-state index in [-0.39, 0.29) is 23.8 Å². The molecule has 0 atom stereocenters. The summed E-state index contributed by atoms with van der Waals surface area (Å²) in [4.78, 5) is 38.4. The number of nitrogens with one attached hydrogen (secondary N) is 1. The smallest absolute Gasteiger partial charge is 0.373 e. The number of imide groups is 1. The molecule has 1 aliphatic rings. The van der Waals surface area contributed by atoms with Crippen LogP contribution in [-0.2, 0) is 22.7 Å². The number of rotatable bonds is 7. The van der Waals surface area contributed by atoms with Crippen molar-refractivity contribution in [3.8, 4) is 5.75 Å². The predicted molar refractivity (Wildman–Crippen MR) is 132 cm³/mol. The quantitative estimate of drug-likeness (QED) is 0.229. The molecule has 0 radical (unpaired) electrons. The Morgan fingerprint density at radius 3 is 2.56 bits per heavy atom. The molecular weight excluding hydrogens is 460 g/mol. The first-order valence-corrected chi connectivity index (χ1v) is 11.2. The number of furan rings is 1. The fraction of sp³-hybridized carbons (Fsp3) is 0.107. The Bertz CT molecular complexity index is 1490. The molecule has 0 spiro atoms.